The topological polar surface area (TPSA) is 30.2 Å². The van der Waals surface area contributed by atoms with Gasteiger partial charge >= 0.3 is 0 Å². The van der Waals surface area contributed by atoms with Crippen LogP contribution in [0.25, 0.3) is 11.0 Å². The lowest BCUT2D eigenvalue weighted by molar-refractivity contribution is 0.0968. The van der Waals surface area contributed by atoms with Gasteiger partial charge < -0.3 is 4.42 Å². The molecule has 0 aliphatic heterocycles. The molecule has 0 spiro atoms. The van der Waals surface area contributed by atoms with E-state index in [1.165, 1.54) is 0 Å². The van der Waals surface area contributed by atoms with Crippen LogP contribution in [0.15, 0.2) is 52.9 Å². The van der Waals surface area contributed by atoms with Gasteiger partial charge in [-0.05, 0) is 29.8 Å². The second-order valence-electron chi connectivity index (χ2n) is 4.50. The van der Waals surface area contributed by atoms with Crippen LogP contribution in [0.3, 0.4) is 0 Å². The fourth-order valence-electron chi connectivity index (χ4n) is 2.04. The van der Waals surface area contributed by atoms with Gasteiger partial charge in [0, 0.05) is 11.8 Å². The fraction of sp³-hybridized carbons (Fsp3) is 0.0625. The summed E-state index contributed by atoms with van der Waals surface area (Å²) in [5, 5.41) is 1.85. The van der Waals surface area contributed by atoms with E-state index in [4.69, 9.17) is 27.6 Å². The summed E-state index contributed by atoms with van der Waals surface area (Å²) in [4.78, 5) is 12.2. The van der Waals surface area contributed by atoms with E-state index in [1.54, 1.807) is 24.3 Å². The van der Waals surface area contributed by atoms with E-state index >= 15 is 0 Å². The minimum atomic E-state index is -0.0837. The minimum absolute atomic E-state index is 0.0837. The van der Waals surface area contributed by atoms with Crippen LogP contribution in [-0.4, -0.2) is 5.78 Å². The molecule has 1 heterocycles. The molecule has 3 rings (SSSR count). The lowest BCUT2D eigenvalue weighted by Crippen LogP contribution is -2.01. The van der Waals surface area contributed by atoms with Crippen LogP contribution in [0.1, 0.15) is 16.1 Å². The molecule has 0 atom stereocenters. The van der Waals surface area contributed by atoms with Crippen molar-refractivity contribution < 1.29 is 9.21 Å². The van der Waals surface area contributed by atoms with Gasteiger partial charge in [-0.25, -0.2) is 0 Å². The summed E-state index contributed by atoms with van der Waals surface area (Å²) in [6, 6.07) is 14.5. The molecule has 2 aromatic carbocycles. The average Bonchev–Trinajstić information content (AvgIpc) is 2.87. The maximum atomic E-state index is 12.2. The second kappa shape index (κ2) is 5.31. The second-order valence-corrected chi connectivity index (χ2v) is 5.31. The van der Waals surface area contributed by atoms with Gasteiger partial charge in [-0.15, -0.1) is 0 Å². The van der Waals surface area contributed by atoms with Crippen molar-refractivity contribution in [1.82, 2.24) is 0 Å². The van der Waals surface area contributed by atoms with Crippen LogP contribution in [0.2, 0.25) is 10.0 Å². The average molecular weight is 305 g/mol. The Morgan fingerprint density at radius 1 is 1.00 bits per heavy atom. The molecule has 20 heavy (non-hydrogen) atoms. The number of furan rings is 1. The Morgan fingerprint density at radius 3 is 2.55 bits per heavy atom. The Bertz CT molecular complexity index is 757. The molecule has 0 fully saturated rings. The number of benzene rings is 2. The van der Waals surface area contributed by atoms with Crippen LogP contribution in [-0.2, 0) is 6.42 Å². The lowest BCUT2D eigenvalue weighted by Gasteiger charge is -2.01. The quantitative estimate of drug-likeness (QED) is 0.625. The zero-order valence-electron chi connectivity index (χ0n) is 10.4. The Hall–Kier alpha value is -1.77. The molecule has 3 aromatic rings. The van der Waals surface area contributed by atoms with Crippen molar-refractivity contribution in [3.63, 3.8) is 0 Å². The Labute approximate surface area is 125 Å². The summed E-state index contributed by atoms with van der Waals surface area (Å²) in [5.74, 6) is 0.275. The number of hydrogen-bond donors (Lipinski definition) is 0. The van der Waals surface area contributed by atoms with Crippen molar-refractivity contribution in [3.05, 3.63) is 69.9 Å². The van der Waals surface area contributed by atoms with Gasteiger partial charge in [-0.2, -0.15) is 0 Å². The van der Waals surface area contributed by atoms with Gasteiger partial charge in [-0.1, -0.05) is 47.5 Å². The molecule has 1 aromatic heterocycles. The maximum Gasteiger partial charge on any atom is 0.202 e. The molecule has 0 aliphatic carbocycles. The summed E-state index contributed by atoms with van der Waals surface area (Å²) in [6.45, 7) is 0. The predicted octanol–water partition coefficient (Wildman–Crippen LogP) is 5.17. The van der Waals surface area contributed by atoms with Gasteiger partial charge in [0.15, 0.2) is 5.76 Å². The molecular formula is C16H10Cl2O2. The van der Waals surface area contributed by atoms with E-state index < -0.39 is 0 Å². The number of ketones is 1. The van der Waals surface area contributed by atoms with E-state index in [0.717, 1.165) is 10.9 Å². The third-order valence-electron chi connectivity index (χ3n) is 3.05. The zero-order valence-corrected chi connectivity index (χ0v) is 11.9. The first-order chi connectivity index (χ1) is 9.63. The normalized spacial score (nSPS) is 10.9. The van der Waals surface area contributed by atoms with Crippen LogP contribution in [0.4, 0.5) is 0 Å². The third kappa shape index (κ3) is 2.58. The highest BCUT2D eigenvalue weighted by atomic mass is 35.5. The molecule has 4 heteroatoms. The molecule has 100 valence electrons. The Morgan fingerprint density at radius 2 is 1.80 bits per heavy atom. The molecule has 0 aliphatic rings. The monoisotopic (exact) mass is 304 g/mol. The smallest absolute Gasteiger partial charge is 0.202 e. The van der Waals surface area contributed by atoms with Crippen LogP contribution < -0.4 is 0 Å². The van der Waals surface area contributed by atoms with Crippen LogP contribution in [0, 0.1) is 0 Å². The Balaban J connectivity index is 1.86. The first kappa shape index (κ1) is 13.2. The molecule has 0 unspecified atom stereocenters. The van der Waals surface area contributed by atoms with Crippen molar-refractivity contribution in [2.24, 2.45) is 0 Å². The SMILES string of the molecule is O=C(Cc1ccc(Cl)c(Cl)c1)c1cc2ccccc2o1. The number of Topliss-reactive ketones (excluding diaryl/α,β-unsaturated/α-hetero) is 1. The largest absolute Gasteiger partial charge is 0.453 e. The third-order valence-corrected chi connectivity index (χ3v) is 3.79. The Kier molecular flexibility index (Phi) is 3.51. The molecule has 2 nitrogen and oxygen atoms in total. The first-order valence-corrected chi connectivity index (χ1v) is 6.85. The number of fused-ring (bicyclic) bond motifs is 1. The number of para-hydroxylation sites is 1. The molecule has 0 amide bonds. The highest BCUT2D eigenvalue weighted by Gasteiger charge is 2.13. The molecule has 0 radical (unpaired) electrons. The molecular weight excluding hydrogens is 295 g/mol. The summed E-state index contributed by atoms with van der Waals surface area (Å²) in [7, 11) is 0. The van der Waals surface area contributed by atoms with Crippen molar-refractivity contribution in [2.75, 3.05) is 0 Å². The van der Waals surface area contributed by atoms with Crippen molar-refractivity contribution in [1.29, 1.82) is 0 Å². The highest BCUT2D eigenvalue weighted by molar-refractivity contribution is 6.42. The van der Waals surface area contributed by atoms with Crippen molar-refractivity contribution >= 4 is 40.0 Å². The van der Waals surface area contributed by atoms with Crippen LogP contribution >= 0.6 is 23.2 Å². The van der Waals surface area contributed by atoms with Crippen molar-refractivity contribution in [2.45, 2.75) is 6.42 Å². The number of carbonyl (C=O) groups is 1. The number of halogens is 2. The predicted molar refractivity (Wildman–Crippen MR) is 80.7 cm³/mol. The standard InChI is InChI=1S/C16H10Cl2O2/c17-12-6-5-10(7-13(12)18)8-14(19)16-9-11-3-1-2-4-15(11)20-16/h1-7,9H,8H2. The molecule has 0 bridgehead atoms. The van der Waals surface area contributed by atoms with Gasteiger partial charge in [0.1, 0.15) is 5.58 Å². The minimum Gasteiger partial charge on any atom is -0.453 e. The lowest BCUT2D eigenvalue weighted by atomic mass is 10.1. The van der Waals surface area contributed by atoms with Gasteiger partial charge in [0.25, 0.3) is 0 Å². The molecule has 0 saturated heterocycles. The van der Waals surface area contributed by atoms with Gasteiger partial charge in [0.05, 0.1) is 10.0 Å². The number of hydrogen-bond acceptors (Lipinski definition) is 2. The summed E-state index contributed by atoms with van der Waals surface area (Å²) < 4.78 is 5.55. The van der Waals surface area contributed by atoms with Gasteiger partial charge in [0.2, 0.25) is 5.78 Å². The molecule has 0 saturated carbocycles. The zero-order chi connectivity index (χ0) is 14.1. The number of rotatable bonds is 3. The summed E-state index contributed by atoms with van der Waals surface area (Å²) in [5.41, 5.74) is 1.52. The van der Waals surface area contributed by atoms with E-state index in [1.807, 2.05) is 24.3 Å². The first-order valence-electron chi connectivity index (χ1n) is 6.09. The van der Waals surface area contributed by atoms with E-state index in [9.17, 15) is 4.79 Å². The van der Waals surface area contributed by atoms with E-state index in [2.05, 4.69) is 0 Å². The maximum absolute atomic E-state index is 12.2. The number of carbonyl (C=O) groups excluding carboxylic acids is 1. The van der Waals surface area contributed by atoms with E-state index in [0.29, 0.717) is 21.4 Å². The van der Waals surface area contributed by atoms with Crippen LogP contribution in [0.5, 0.6) is 0 Å². The summed E-state index contributed by atoms with van der Waals surface area (Å²) in [6.07, 6.45) is 0.233. The van der Waals surface area contributed by atoms with Crippen molar-refractivity contribution in [3.8, 4) is 0 Å². The summed E-state index contributed by atoms with van der Waals surface area (Å²) >= 11 is 11.8. The van der Waals surface area contributed by atoms with E-state index in [-0.39, 0.29) is 12.2 Å². The fourth-order valence-corrected chi connectivity index (χ4v) is 2.36. The molecule has 0 N–H and O–H groups in total. The highest BCUT2D eigenvalue weighted by Crippen LogP contribution is 2.24. The van der Waals surface area contributed by atoms with Gasteiger partial charge in [-0.3, -0.25) is 4.79 Å².